The van der Waals surface area contributed by atoms with Crippen LogP contribution in [0.2, 0.25) is 0 Å². The average Bonchev–Trinajstić information content (AvgIpc) is 2.95. The SMILES string of the molecule is CC(C)(C)OC(=O)N1CCCc2ccc(NCc3occc3Br)cc21. The van der Waals surface area contributed by atoms with E-state index in [0.29, 0.717) is 13.1 Å². The van der Waals surface area contributed by atoms with Gasteiger partial charge in [-0.3, -0.25) is 4.90 Å². The predicted molar refractivity (Wildman–Crippen MR) is 102 cm³/mol. The van der Waals surface area contributed by atoms with Crippen molar-refractivity contribution in [2.24, 2.45) is 0 Å². The summed E-state index contributed by atoms with van der Waals surface area (Å²) >= 11 is 3.45. The van der Waals surface area contributed by atoms with Crippen LogP contribution < -0.4 is 10.2 Å². The lowest BCUT2D eigenvalue weighted by atomic mass is 10.0. The number of amides is 1. The highest BCUT2D eigenvalue weighted by molar-refractivity contribution is 9.10. The van der Waals surface area contributed by atoms with Gasteiger partial charge in [-0.15, -0.1) is 0 Å². The first-order chi connectivity index (χ1) is 11.8. The number of halogens is 1. The zero-order valence-corrected chi connectivity index (χ0v) is 16.4. The van der Waals surface area contributed by atoms with E-state index in [1.54, 1.807) is 11.2 Å². The second-order valence-electron chi connectivity index (χ2n) is 7.12. The first-order valence-electron chi connectivity index (χ1n) is 8.43. The van der Waals surface area contributed by atoms with Gasteiger partial charge in [0.05, 0.1) is 23.0 Å². The van der Waals surface area contributed by atoms with Crippen molar-refractivity contribution in [1.82, 2.24) is 0 Å². The number of fused-ring (bicyclic) bond motifs is 1. The van der Waals surface area contributed by atoms with Gasteiger partial charge in [0.1, 0.15) is 11.4 Å². The molecule has 1 aliphatic rings. The number of benzene rings is 1. The van der Waals surface area contributed by atoms with E-state index < -0.39 is 5.60 Å². The monoisotopic (exact) mass is 406 g/mol. The minimum atomic E-state index is -0.504. The summed E-state index contributed by atoms with van der Waals surface area (Å²) in [5, 5.41) is 3.34. The lowest BCUT2D eigenvalue weighted by Crippen LogP contribution is -2.39. The van der Waals surface area contributed by atoms with Crippen LogP contribution in [0.25, 0.3) is 0 Å². The Hall–Kier alpha value is -1.95. The molecule has 0 unspecified atom stereocenters. The Labute approximate surface area is 156 Å². The van der Waals surface area contributed by atoms with E-state index in [9.17, 15) is 4.79 Å². The predicted octanol–water partition coefficient (Wildman–Crippen LogP) is 5.34. The molecule has 1 amide bonds. The van der Waals surface area contributed by atoms with Gasteiger partial charge in [-0.1, -0.05) is 6.07 Å². The van der Waals surface area contributed by atoms with Gasteiger partial charge in [0.25, 0.3) is 0 Å². The highest BCUT2D eigenvalue weighted by Gasteiger charge is 2.27. The van der Waals surface area contributed by atoms with Gasteiger partial charge >= 0.3 is 6.09 Å². The summed E-state index contributed by atoms with van der Waals surface area (Å²) in [7, 11) is 0. The van der Waals surface area contributed by atoms with Crippen LogP contribution in [0.15, 0.2) is 39.4 Å². The summed E-state index contributed by atoms with van der Waals surface area (Å²) in [6.07, 6.45) is 3.27. The van der Waals surface area contributed by atoms with Crippen LogP contribution in [0, 0.1) is 0 Å². The van der Waals surface area contributed by atoms with Crippen molar-refractivity contribution in [3.8, 4) is 0 Å². The molecule has 25 heavy (non-hydrogen) atoms. The molecule has 2 heterocycles. The summed E-state index contributed by atoms with van der Waals surface area (Å²) in [5.74, 6) is 0.835. The second-order valence-corrected chi connectivity index (χ2v) is 7.98. The van der Waals surface area contributed by atoms with Crippen molar-refractivity contribution in [3.63, 3.8) is 0 Å². The standard InChI is InChI=1S/C19H23BrN2O3/c1-19(2,3)25-18(23)22-9-4-5-13-6-7-14(11-16(13)22)21-12-17-15(20)8-10-24-17/h6-8,10-11,21H,4-5,9,12H2,1-3H3. The van der Waals surface area contributed by atoms with Gasteiger partial charge in [0, 0.05) is 12.2 Å². The van der Waals surface area contributed by atoms with Gasteiger partial charge in [0.15, 0.2) is 0 Å². The molecule has 6 heteroatoms. The molecule has 2 aromatic rings. The van der Waals surface area contributed by atoms with Crippen molar-refractivity contribution in [1.29, 1.82) is 0 Å². The molecule has 0 saturated carbocycles. The molecular formula is C19H23BrN2O3. The van der Waals surface area contributed by atoms with Gasteiger partial charge in [-0.25, -0.2) is 4.79 Å². The highest BCUT2D eigenvalue weighted by atomic mass is 79.9. The van der Waals surface area contributed by atoms with Crippen molar-refractivity contribution in [2.75, 3.05) is 16.8 Å². The van der Waals surface area contributed by atoms with Crippen LogP contribution in [-0.2, 0) is 17.7 Å². The minimum Gasteiger partial charge on any atom is -0.466 e. The molecule has 0 radical (unpaired) electrons. The van der Waals surface area contributed by atoms with Crippen LogP contribution in [0.3, 0.4) is 0 Å². The quantitative estimate of drug-likeness (QED) is 0.746. The lowest BCUT2D eigenvalue weighted by molar-refractivity contribution is 0.0578. The summed E-state index contributed by atoms with van der Waals surface area (Å²) in [5.41, 5.74) is 2.53. The molecule has 1 aromatic carbocycles. The number of hydrogen-bond donors (Lipinski definition) is 1. The largest absolute Gasteiger partial charge is 0.466 e. The number of carbonyl (C=O) groups is 1. The maximum atomic E-state index is 12.5. The number of nitrogens with zero attached hydrogens (tertiary/aromatic N) is 1. The third kappa shape index (κ3) is 4.37. The van der Waals surface area contributed by atoms with E-state index in [1.165, 1.54) is 5.56 Å². The number of aryl methyl sites for hydroxylation is 1. The Bertz CT molecular complexity index is 764. The zero-order chi connectivity index (χ0) is 18.0. The molecule has 1 aromatic heterocycles. The molecule has 1 N–H and O–H groups in total. The molecule has 134 valence electrons. The van der Waals surface area contributed by atoms with Gasteiger partial charge in [-0.05, 0) is 73.3 Å². The minimum absolute atomic E-state index is 0.292. The number of carbonyl (C=O) groups excluding carboxylic acids is 1. The second kappa shape index (κ2) is 7.12. The van der Waals surface area contributed by atoms with Gasteiger partial charge in [0.2, 0.25) is 0 Å². The number of anilines is 2. The third-order valence-electron chi connectivity index (χ3n) is 3.96. The number of nitrogens with one attached hydrogen (secondary N) is 1. The van der Waals surface area contributed by atoms with Crippen LogP contribution in [0.5, 0.6) is 0 Å². The first-order valence-corrected chi connectivity index (χ1v) is 9.22. The number of hydrogen-bond acceptors (Lipinski definition) is 4. The zero-order valence-electron chi connectivity index (χ0n) is 14.8. The Morgan fingerprint density at radius 3 is 2.84 bits per heavy atom. The smallest absolute Gasteiger partial charge is 0.414 e. The van der Waals surface area contributed by atoms with Crippen LogP contribution >= 0.6 is 15.9 Å². The fourth-order valence-corrected chi connectivity index (χ4v) is 3.17. The van der Waals surface area contributed by atoms with Crippen LogP contribution in [0.1, 0.15) is 38.5 Å². The van der Waals surface area contributed by atoms with Crippen LogP contribution in [0.4, 0.5) is 16.2 Å². The van der Waals surface area contributed by atoms with E-state index in [2.05, 4.69) is 27.3 Å². The maximum Gasteiger partial charge on any atom is 0.414 e. The number of furan rings is 1. The Morgan fingerprint density at radius 1 is 1.36 bits per heavy atom. The lowest BCUT2D eigenvalue weighted by Gasteiger charge is -2.32. The fourth-order valence-electron chi connectivity index (χ4n) is 2.82. The molecule has 0 atom stereocenters. The first kappa shape index (κ1) is 17.9. The Kier molecular flexibility index (Phi) is 5.08. The van der Waals surface area contributed by atoms with E-state index in [1.807, 2.05) is 39.0 Å². The molecule has 1 aliphatic heterocycles. The summed E-state index contributed by atoms with van der Waals surface area (Å²) < 4.78 is 11.9. The topological polar surface area (TPSA) is 54.7 Å². The molecule has 0 aliphatic carbocycles. The molecule has 5 nitrogen and oxygen atoms in total. The highest BCUT2D eigenvalue weighted by Crippen LogP contribution is 2.31. The van der Waals surface area contributed by atoms with E-state index in [0.717, 1.165) is 34.4 Å². The molecule has 3 rings (SSSR count). The molecular weight excluding hydrogens is 384 g/mol. The van der Waals surface area contributed by atoms with E-state index >= 15 is 0 Å². The van der Waals surface area contributed by atoms with Crippen molar-refractivity contribution in [2.45, 2.75) is 45.8 Å². The van der Waals surface area contributed by atoms with E-state index in [-0.39, 0.29) is 6.09 Å². The molecule has 0 bridgehead atoms. The molecule has 0 fully saturated rings. The van der Waals surface area contributed by atoms with E-state index in [4.69, 9.17) is 9.15 Å². The van der Waals surface area contributed by atoms with Gasteiger partial charge < -0.3 is 14.5 Å². The Morgan fingerprint density at radius 2 is 2.16 bits per heavy atom. The summed E-state index contributed by atoms with van der Waals surface area (Å²) in [6.45, 7) is 6.90. The number of rotatable bonds is 3. The third-order valence-corrected chi connectivity index (χ3v) is 4.67. The normalized spacial score (nSPS) is 14.2. The average molecular weight is 407 g/mol. The maximum absolute atomic E-state index is 12.5. The molecule has 0 spiro atoms. The summed E-state index contributed by atoms with van der Waals surface area (Å²) in [4.78, 5) is 14.3. The summed E-state index contributed by atoms with van der Waals surface area (Å²) in [6, 6.07) is 7.99. The van der Waals surface area contributed by atoms with Crippen LogP contribution in [-0.4, -0.2) is 18.2 Å². The van der Waals surface area contributed by atoms with Crippen molar-refractivity contribution < 1.29 is 13.9 Å². The van der Waals surface area contributed by atoms with Crippen molar-refractivity contribution >= 4 is 33.4 Å². The van der Waals surface area contributed by atoms with Crippen molar-refractivity contribution in [3.05, 3.63) is 46.3 Å². The molecule has 0 saturated heterocycles. The Balaban J connectivity index is 1.78. The fraction of sp³-hybridized carbons (Fsp3) is 0.421. The van der Waals surface area contributed by atoms with Gasteiger partial charge in [-0.2, -0.15) is 0 Å². The number of ether oxygens (including phenoxy) is 1.